The van der Waals surface area contributed by atoms with Crippen LogP contribution in [0.15, 0.2) is 52.5 Å². The third-order valence-corrected chi connectivity index (χ3v) is 3.22. The second-order valence-electron chi connectivity index (χ2n) is 3.82. The van der Waals surface area contributed by atoms with E-state index in [1.165, 1.54) is 23.2 Å². The summed E-state index contributed by atoms with van der Waals surface area (Å²) < 4.78 is 1.26. The van der Waals surface area contributed by atoms with Gasteiger partial charge in [-0.25, -0.2) is 4.98 Å². The minimum absolute atomic E-state index is 0.0447. The summed E-state index contributed by atoms with van der Waals surface area (Å²) in [6.07, 6.45) is 4.74. The van der Waals surface area contributed by atoms with E-state index < -0.39 is 0 Å². The number of nitrogens with one attached hydrogen (secondary N) is 1. The fraction of sp³-hybridized carbons (Fsp3) is 0.154. The minimum Gasteiger partial charge on any atom is -0.325 e. The molecule has 0 atom stereocenters. The molecule has 2 aromatic rings. The maximum Gasteiger partial charge on any atom is 0.253 e. The summed E-state index contributed by atoms with van der Waals surface area (Å²) in [4.78, 5) is 28.2. The standard InChI is InChI=1S/C13H13N3O2S/c1-19-11-4-2-10(3-5-11)15-12(17)8-16-9-14-7-6-13(16)18/h2-7,9H,8H2,1H3,(H,15,17). The topological polar surface area (TPSA) is 64.0 Å². The first-order valence-electron chi connectivity index (χ1n) is 5.63. The second kappa shape index (κ2) is 6.19. The van der Waals surface area contributed by atoms with E-state index in [0.717, 1.165) is 4.90 Å². The number of aromatic nitrogens is 2. The molecule has 1 heterocycles. The Morgan fingerprint density at radius 1 is 1.32 bits per heavy atom. The zero-order valence-electron chi connectivity index (χ0n) is 10.4. The van der Waals surface area contributed by atoms with Crippen LogP contribution in [0.4, 0.5) is 5.69 Å². The Labute approximate surface area is 114 Å². The van der Waals surface area contributed by atoms with Crippen molar-refractivity contribution in [1.29, 1.82) is 0 Å². The molecule has 0 bridgehead atoms. The van der Waals surface area contributed by atoms with Crippen LogP contribution in [-0.4, -0.2) is 21.7 Å². The minimum atomic E-state index is -0.257. The van der Waals surface area contributed by atoms with Crippen LogP contribution in [0, 0.1) is 0 Å². The monoisotopic (exact) mass is 275 g/mol. The first-order valence-corrected chi connectivity index (χ1v) is 6.86. The first kappa shape index (κ1) is 13.4. The number of nitrogens with zero attached hydrogens (tertiary/aromatic N) is 2. The normalized spacial score (nSPS) is 10.2. The number of anilines is 1. The molecule has 0 aliphatic rings. The molecule has 1 N–H and O–H groups in total. The van der Waals surface area contributed by atoms with Crippen molar-refractivity contribution in [3.8, 4) is 0 Å². The Balaban J connectivity index is 2.01. The third kappa shape index (κ3) is 3.69. The van der Waals surface area contributed by atoms with Crippen molar-refractivity contribution < 1.29 is 4.79 Å². The molecule has 19 heavy (non-hydrogen) atoms. The molecule has 0 radical (unpaired) electrons. The highest BCUT2D eigenvalue weighted by Gasteiger charge is 2.04. The molecule has 1 aromatic carbocycles. The Bertz CT molecular complexity index is 622. The summed E-state index contributed by atoms with van der Waals surface area (Å²) in [5.41, 5.74) is 0.461. The molecule has 0 aliphatic heterocycles. The average molecular weight is 275 g/mol. The van der Waals surface area contributed by atoms with Gasteiger partial charge in [-0.05, 0) is 30.5 Å². The molecule has 1 aromatic heterocycles. The van der Waals surface area contributed by atoms with Gasteiger partial charge in [0.25, 0.3) is 5.56 Å². The van der Waals surface area contributed by atoms with Crippen LogP contribution in [0.5, 0.6) is 0 Å². The fourth-order valence-corrected chi connectivity index (χ4v) is 1.93. The van der Waals surface area contributed by atoms with E-state index in [4.69, 9.17) is 0 Å². The van der Waals surface area contributed by atoms with E-state index in [-0.39, 0.29) is 18.0 Å². The molecular formula is C13H13N3O2S. The lowest BCUT2D eigenvalue weighted by atomic mass is 10.3. The van der Waals surface area contributed by atoms with Crippen molar-refractivity contribution in [2.45, 2.75) is 11.4 Å². The van der Waals surface area contributed by atoms with Crippen molar-refractivity contribution in [3.63, 3.8) is 0 Å². The molecule has 6 heteroatoms. The van der Waals surface area contributed by atoms with Gasteiger partial charge in [0, 0.05) is 22.8 Å². The molecule has 0 aliphatic carbocycles. The lowest BCUT2D eigenvalue weighted by Gasteiger charge is -2.07. The molecule has 0 saturated heterocycles. The zero-order chi connectivity index (χ0) is 13.7. The maximum atomic E-state index is 11.8. The van der Waals surface area contributed by atoms with E-state index >= 15 is 0 Å². The highest BCUT2D eigenvalue weighted by Crippen LogP contribution is 2.17. The van der Waals surface area contributed by atoms with Crippen LogP contribution in [0.25, 0.3) is 0 Å². The number of hydrogen-bond donors (Lipinski definition) is 1. The van der Waals surface area contributed by atoms with Gasteiger partial charge in [0.1, 0.15) is 6.54 Å². The Kier molecular flexibility index (Phi) is 4.35. The number of hydrogen-bond acceptors (Lipinski definition) is 4. The van der Waals surface area contributed by atoms with Crippen molar-refractivity contribution in [2.75, 3.05) is 11.6 Å². The van der Waals surface area contributed by atoms with E-state index in [1.54, 1.807) is 11.8 Å². The second-order valence-corrected chi connectivity index (χ2v) is 4.70. The lowest BCUT2D eigenvalue weighted by Crippen LogP contribution is -2.26. The van der Waals surface area contributed by atoms with Crippen LogP contribution < -0.4 is 10.9 Å². The van der Waals surface area contributed by atoms with Gasteiger partial charge in [0.15, 0.2) is 0 Å². The lowest BCUT2D eigenvalue weighted by molar-refractivity contribution is -0.116. The third-order valence-electron chi connectivity index (χ3n) is 2.48. The van der Waals surface area contributed by atoms with Gasteiger partial charge in [0.2, 0.25) is 5.91 Å². The summed E-state index contributed by atoms with van der Waals surface area (Å²) >= 11 is 1.63. The van der Waals surface area contributed by atoms with Crippen molar-refractivity contribution in [1.82, 2.24) is 9.55 Å². The quantitative estimate of drug-likeness (QED) is 0.861. The average Bonchev–Trinajstić information content (AvgIpc) is 2.42. The molecule has 0 saturated carbocycles. The van der Waals surface area contributed by atoms with Crippen LogP contribution in [-0.2, 0) is 11.3 Å². The summed E-state index contributed by atoms with van der Waals surface area (Å²) in [5, 5.41) is 2.73. The first-order chi connectivity index (χ1) is 9.19. The van der Waals surface area contributed by atoms with Crippen LogP contribution in [0.2, 0.25) is 0 Å². The number of amides is 1. The van der Waals surface area contributed by atoms with Gasteiger partial charge < -0.3 is 5.32 Å². The van der Waals surface area contributed by atoms with Gasteiger partial charge in [-0.3, -0.25) is 14.2 Å². The SMILES string of the molecule is CSc1ccc(NC(=O)Cn2cnccc2=O)cc1. The zero-order valence-corrected chi connectivity index (χ0v) is 11.2. The van der Waals surface area contributed by atoms with Crippen molar-refractivity contribution in [3.05, 3.63) is 53.2 Å². The van der Waals surface area contributed by atoms with E-state index in [0.29, 0.717) is 5.69 Å². The van der Waals surface area contributed by atoms with E-state index in [9.17, 15) is 9.59 Å². The molecular weight excluding hydrogens is 262 g/mol. The number of carbonyl (C=O) groups is 1. The molecule has 0 spiro atoms. The van der Waals surface area contributed by atoms with Gasteiger partial charge in [0.05, 0.1) is 6.33 Å². The van der Waals surface area contributed by atoms with Gasteiger partial charge in [-0.1, -0.05) is 0 Å². The number of rotatable bonds is 4. The van der Waals surface area contributed by atoms with Gasteiger partial charge in [-0.15, -0.1) is 11.8 Å². The largest absolute Gasteiger partial charge is 0.325 e. The number of benzene rings is 1. The van der Waals surface area contributed by atoms with Crippen molar-refractivity contribution >= 4 is 23.4 Å². The van der Waals surface area contributed by atoms with E-state index in [2.05, 4.69) is 10.3 Å². The van der Waals surface area contributed by atoms with Crippen LogP contribution in [0.3, 0.4) is 0 Å². The molecule has 0 unspecified atom stereocenters. The van der Waals surface area contributed by atoms with E-state index in [1.807, 2.05) is 30.5 Å². The van der Waals surface area contributed by atoms with Crippen molar-refractivity contribution in [2.24, 2.45) is 0 Å². The highest BCUT2D eigenvalue weighted by atomic mass is 32.2. The Morgan fingerprint density at radius 3 is 2.68 bits per heavy atom. The summed E-state index contributed by atoms with van der Waals surface area (Å²) in [6.45, 7) is -0.0447. The Hall–Kier alpha value is -2.08. The molecule has 5 nitrogen and oxygen atoms in total. The maximum absolute atomic E-state index is 11.8. The summed E-state index contributed by atoms with van der Waals surface area (Å²) in [5.74, 6) is -0.257. The number of thioether (sulfide) groups is 1. The molecule has 98 valence electrons. The van der Waals surface area contributed by atoms with Crippen LogP contribution in [0.1, 0.15) is 0 Å². The molecule has 2 rings (SSSR count). The fourth-order valence-electron chi connectivity index (χ4n) is 1.53. The van der Waals surface area contributed by atoms with Gasteiger partial charge >= 0.3 is 0 Å². The highest BCUT2D eigenvalue weighted by molar-refractivity contribution is 7.98. The summed E-state index contributed by atoms with van der Waals surface area (Å²) in [6, 6.07) is 8.83. The predicted octanol–water partition coefficient (Wildman–Crippen LogP) is 1.60. The summed E-state index contributed by atoms with van der Waals surface area (Å²) in [7, 11) is 0. The molecule has 0 fully saturated rings. The molecule has 1 amide bonds. The van der Waals surface area contributed by atoms with Crippen LogP contribution >= 0.6 is 11.8 Å². The van der Waals surface area contributed by atoms with Gasteiger partial charge in [-0.2, -0.15) is 0 Å². The Morgan fingerprint density at radius 2 is 2.05 bits per heavy atom. The predicted molar refractivity (Wildman–Crippen MR) is 75.3 cm³/mol. The smallest absolute Gasteiger partial charge is 0.253 e. The number of carbonyl (C=O) groups excluding carboxylic acids is 1.